The molecule has 0 bridgehead atoms. The van der Waals surface area contributed by atoms with Gasteiger partial charge in [-0.3, -0.25) is 9.69 Å². The second kappa shape index (κ2) is 8.09. The van der Waals surface area contributed by atoms with Crippen molar-refractivity contribution in [3.05, 3.63) is 35.4 Å². The Balaban J connectivity index is 2.00. The van der Waals surface area contributed by atoms with Crippen molar-refractivity contribution >= 4 is 5.91 Å². The van der Waals surface area contributed by atoms with Crippen LogP contribution in [0.15, 0.2) is 18.2 Å². The van der Waals surface area contributed by atoms with Crippen LogP contribution in [0.25, 0.3) is 0 Å². The fraction of sp³-hybridized carbons (Fsp3) is 0.562. The smallest absolute Gasteiger partial charge is 0.354 e. The van der Waals surface area contributed by atoms with E-state index in [2.05, 4.69) is 10.6 Å². The number of hydrogen-bond acceptors (Lipinski definition) is 3. The molecular weight excluding hydrogens is 345 g/mol. The van der Waals surface area contributed by atoms with Crippen molar-refractivity contribution < 1.29 is 26.7 Å². The lowest BCUT2D eigenvalue weighted by Crippen LogP contribution is -2.57. The summed E-state index contributed by atoms with van der Waals surface area (Å²) in [4.78, 5) is 13.4. The van der Waals surface area contributed by atoms with Crippen molar-refractivity contribution in [3.8, 4) is 0 Å². The minimum Gasteiger partial charge on any atom is -0.354 e. The van der Waals surface area contributed by atoms with Crippen molar-refractivity contribution in [3.63, 3.8) is 0 Å². The summed E-state index contributed by atoms with van der Waals surface area (Å²) in [6.07, 6.45) is -4.48. The van der Waals surface area contributed by atoms with E-state index in [1.807, 2.05) is 0 Å². The number of rotatable bonds is 5. The van der Waals surface area contributed by atoms with E-state index in [4.69, 9.17) is 0 Å². The van der Waals surface area contributed by atoms with Crippen molar-refractivity contribution in [2.45, 2.75) is 25.1 Å². The molecule has 0 aromatic heterocycles. The van der Waals surface area contributed by atoms with Crippen molar-refractivity contribution in [1.29, 1.82) is 0 Å². The molecule has 2 atom stereocenters. The minimum absolute atomic E-state index is 0.196. The van der Waals surface area contributed by atoms with E-state index in [1.54, 1.807) is 0 Å². The Morgan fingerprint density at radius 1 is 1.24 bits per heavy atom. The quantitative estimate of drug-likeness (QED) is 0.785. The molecule has 2 unspecified atom stereocenters. The van der Waals surface area contributed by atoms with Gasteiger partial charge in [-0.05, 0) is 24.6 Å². The van der Waals surface area contributed by atoms with Gasteiger partial charge in [0.15, 0.2) is 11.6 Å². The van der Waals surface area contributed by atoms with E-state index in [1.165, 1.54) is 17.9 Å². The van der Waals surface area contributed by atoms with Gasteiger partial charge in [-0.25, -0.2) is 8.78 Å². The zero-order valence-corrected chi connectivity index (χ0v) is 13.7. The van der Waals surface area contributed by atoms with E-state index in [0.29, 0.717) is 13.1 Å². The molecule has 1 aliphatic rings. The molecule has 9 heteroatoms. The van der Waals surface area contributed by atoms with Crippen LogP contribution >= 0.6 is 0 Å². The zero-order chi connectivity index (χ0) is 18.6. The molecule has 1 saturated heterocycles. The molecule has 1 aliphatic heterocycles. The van der Waals surface area contributed by atoms with E-state index < -0.39 is 42.2 Å². The molecule has 0 spiro atoms. The summed E-state index contributed by atoms with van der Waals surface area (Å²) in [5.74, 6) is -3.72. The van der Waals surface area contributed by atoms with Gasteiger partial charge in [0, 0.05) is 32.7 Å². The molecule has 2 rings (SSSR count). The number of amides is 1. The first-order valence-corrected chi connectivity index (χ1v) is 7.94. The molecular formula is C16H20F5N3O. The van der Waals surface area contributed by atoms with E-state index in [9.17, 15) is 26.7 Å². The molecule has 1 amide bonds. The summed E-state index contributed by atoms with van der Waals surface area (Å²) in [5, 5.41) is 5.25. The van der Waals surface area contributed by atoms with Gasteiger partial charge in [0.05, 0.1) is 5.92 Å². The van der Waals surface area contributed by atoms with E-state index >= 15 is 0 Å². The number of carbonyl (C=O) groups excluding carboxylic acids is 1. The summed E-state index contributed by atoms with van der Waals surface area (Å²) in [5.41, 5.74) is 0.196. The highest BCUT2D eigenvalue weighted by molar-refractivity contribution is 5.83. The molecule has 140 valence electrons. The second-order valence-corrected chi connectivity index (χ2v) is 5.98. The predicted molar refractivity (Wildman–Crippen MR) is 82.1 cm³/mol. The monoisotopic (exact) mass is 365 g/mol. The summed E-state index contributed by atoms with van der Waals surface area (Å²) in [6, 6.07) is 1.21. The molecule has 2 N–H and O–H groups in total. The summed E-state index contributed by atoms with van der Waals surface area (Å²) >= 11 is 0. The number of alkyl halides is 3. The van der Waals surface area contributed by atoms with E-state index in [0.717, 1.165) is 12.1 Å². The van der Waals surface area contributed by atoms with Gasteiger partial charge in [0.2, 0.25) is 5.91 Å². The van der Waals surface area contributed by atoms with Crippen molar-refractivity contribution in [2.24, 2.45) is 0 Å². The van der Waals surface area contributed by atoms with Gasteiger partial charge in [0.1, 0.15) is 6.04 Å². The molecule has 0 saturated carbocycles. The van der Waals surface area contributed by atoms with Crippen LogP contribution in [0.5, 0.6) is 0 Å². The lowest BCUT2D eigenvalue weighted by molar-refractivity contribution is -0.184. The molecule has 1 aromatic carbocycles. The number of piperazine rings is 1. The highest BCUT2D eigenvalue weighted by Crippen LogP contribution is 2.25. The Hall–Kier alpha value is -1.74. The Bertz CT molecular complexity index is 602. The maximum Gasteiger partial charge on any atom is 0.405 e. The fourth-order valence-corrected chi connectivity index (χ4v) is 2.73. The Morgan fingerprint density at radius 3 is 2.44 bits per heavy atom. The van der Waals surface area contributed by atoms with Crippen LogP contribution < -0.4 is 10.6 Å². The van der Waals surface area contributed by atoms with Gasteiger partial charge >= 0.3 is 6.18 Å². The topological polar surface area (TPSA) is 44.4 Å². The standard InChI is InChI=1S/C16H20F5N3O/c1-10(11-2-3-12(17)13(18)8-11)15(25)23-9-14(16(19,20)21)24-6-4-22-5-7-24/h2-3,8,10,14,22H,4-7,9H2,1H3,(H,23,25). The van der Waals surface area contributed by atoms with Crippen LogP contribution in [0.2, 0.25) is 0 Å². The lowest BCUT2D eigenvalue weighted by atomic mass is 10.00. The average molecular weight is 365 g/mol. The summed E-state index contributed by atoms with van der Waals surface area (Å²) < 4.78 is 66.0. The summed E-state index contributed by atoms with van der Waals surface area (Å²) in [6.45, 7) is 2.21. The maximum absolute atomic E-state index is 13.3. The van der Waals surface area contributed by atoms with Gasteiger partial charge in [-0.15, -0.1) is 0 Å². The Labute approximate surface area is 142 Å². The molecule has 25 heavy (non-hydrogen) atoms. The van der Waals surface area contributed by atoms with Crippen molar-refractivity contribution in [2.75, 3.05) is 32.7 Å². The minimum atomic E-state index is -4.48. The van der Waals surface area contributed by atoms with Crippen LogP contribution in [0, 0.1) is 11.6 Å². The first-order chi connectivity index (χ1) is 11.7. The van der Waals surface area contributed by atoms with Gasteiger partial charge in [-0.2, -0.15) is 13.2 Å². The molecule has 1 fully saturated rings. The maximum atomic E-state index is 13.3. The van der Waals surface area contributed by atoms with Crippen LogP contribution in [0.1, 0.15) is 18.4 Å². The number of halogens is 5. The van der Waals surface area contributed by atoms with Crippen LogP contribution in [0.4, 0.5) is 22.0 Å². The van der Waals surface area contributed by atoms with Crippen LogP contribution in [0.3, 0.4) is 0 Å². The first kappa shape index (κ1) is 19.6. The highest BCUT2D eigenvalue weighted by Gasteiger charge is 2.44. The predicted octanol–water partition coefficient (Wildman–Crippen LogP) is 2.02. The zero-order valence-electron chi connectivity index (χ0n) is 13.7. The Kier molecular flexibility index (Phi) is 6.34. The third kappa shape index (κ3) is 5.12. The fourth-order valence-electron chi connectivity index (χ4n) is 2.73. The highest BCUT2D eigenvalue weighted by atomic mass is 19.4. The number of nitrogens with one attached hydrogen (secondary N) is 2. The third-order valence-electron chi connectivity index (χ3n) is 4.28. The SMILES string of the molecule is CC(C(=O)NCC(N1CCNCC1)C(F)(F)F)c1ccc(F)c(F)c1. The average Bonchev–Trinajstić information content (AvgIpc) is 2.56. The van der Waals surface area contributed by atoms with Gasteiger partial charge in [-0.1, -0.05) is 6.07 Å². The molecule has 0 radical (unpaired) electrons. The second-order valence-electron chi connectivity index (χ2n) is 5.98. The lowest BCUT2D eigenvalue weighted by Gasteiger charge is -2.36. The number of benzene rings is 1. The molecule has 1 aromatic rings. The molecule has 4 nitrogen and oxygen atoms in total. The van der Waals surface area contributed by atoms with Gasteiger partial charge < -0.3 is 10.6 Å². The number of hydrogen-bond donors (Lipinski definition) is 2. The number of carbonyl (C=O) groups is 1. The largest absolute Gasteiger partial charge is 0.405 e. The van der Waals surface area contributed by atoms with Crippen LogP contribution in [-0.2, 0) is 4.79 Å². The number of nitrogens with zero attached hydrogens (tertiary/aromatic N) is 1. The van der Waals surface area contributed by atoms with E-state index in [-0.39, 0.29) is 18.7 Å². The normalized spacial score (nSPS) is 18.6. The van der Waals surface area contributed by atoms with Crippen molar-refractivity contribution in [1.82, 2.24) is 15.5 Å². The van der Waals surface area contributed by atoms with Gasteiger partial charge in [0.25, 0.3) is 0 Å². The third-order valence-corrected chi connectivity index (χ3v) is 4.28. The molecule has 0 aliphatic carbocycles. The summed E-state index contributed by atoms with van der Waals surface area (Å²) in [7, 11) is 0. The first-order valence-electron chi connectivity index (χ1n) is 7.94. The molecule has 1 heterocycles. The Morgan fingerprint density at radius 2 is 1.88 bits per heavy atom. The van der Waals surface area contributed by atoms with Crippen LogP contribution in [-0.4, -0.2) is 55.7 Å².